The summed E-state index contributed by atoms with van der Waals surface area (Å²) in [6.45, 7) is 6.81. The van der Waals surface area contributed by atoms with Gasteiger partial charge in [-0.25, -0.2) is 4.57 Å². The number of nitrogens with zero attached hydrogens (tertiary/aromatic N) is 1. The second kappa shape index (κ2) is 4.79. The smallest absolute Gasteiger partial charge is 0.201 e. The van der Waals surface area contributed by atoms with Crippen LogP contribution < -0.4 is 4.57 Å². The molecule has 1 nitrogen and oxygen atoms in total. The second-order valence-electron chi connectivity index (χ2n) is 7.01. The van der Waals surface area contributed by atoms with Gasteiger partial charge in [0.15, 0.2) is 6.20 Å². The van der Waals surface area contributed by atoms with Gasteiger partial charge in [-0.3, -0.25) is 0 Å². The molecular formula is C22H22N+. The van der Waals surface area contributed by atoms with E-state index in [1.54, 1.807) is 0 Å². The van der Waals surface area contributed by atoms with Crippen LogP contribution in [0.25, 0.3) is 22.4 Å². The van der Waals surface area contributed by atoms with Crippen molar-refractivity contribution in [3.8, 4) is 22.4 Å². The molecule has 1 aliphatic carbocycles. The quantitative estimate of drug-likeness (QED) is 0.569. The third-order valence-electron chi connectivity index (χ3n) is 5.19. The molecule has 0 atom stereocenters. The van der Waals surface area contributed by atoms with Gasteiger partial charge in [-0.1, -0.05) is 44.2 Å². The van der Waals surface area contributed by atoms with Crippen LogP contribution in [0, 0.1) is 6.92 Å². The Morgan fingerprint density at radius 1 is 0.913 bits per heavy atom. The van der Waals surface area contributed by atoms with Crippen LogP contribution in [0.15, 0.2) is 60.8 Å². The van der Waals surface area contributed by atoms with E-state index >= 15 is 0 Å². The maximum atomic E-state index is 7.80. The summed E-state index contributed by atoms with van der Waals surface area (Å²) in [7, 11) is 2.01. The van der Waals surface area contributed by atoms with Gasteiger partial charge in [-0.15, -0.1) is 0 Å². The van der Waals surface area contributed by atoms with E-state index in [1.807, 2.05) is 29.9 Å². The lowest BCUT2D eigenvalue weighted by molar-refractivity contribution is -0.660. The van der Waals surface area contributed by atoms with Crippen LogP contribution in [0.4, 0.5) is 0 Å². The third kappa shape index (κ3) is 1.96. The number of aryl methyl sites for hydroxylation is 2. The van der Waals surface area contributed by atoms with Gasteiger partial charge in [0, 0.05) is 23.1 Å². The number of rotatable bonds is 1. The molecule has 1 aromatic heterocycles. The first-order chi connectivity index (χ1) is 11.4. The summed E-state index contributed by atoms with van der Waals surface area (Å²) in [5.74, 6) is 0. The van der Waals surface area contributed by atoms with Crippen LogP contribution in [-0.2, 0) is 12.5 Å². The van der Waals surface area contributed by atoms with Crippen LogP contribution in [-0.4, -0.2) is 0 Å². The molecule has 0 saturated carbocycles. The minimum Gasteiger partial charge on any atom is -0.201 e. The van der Waals surface area contributed by atoms with Crippen molar-refractivity contribution in [3.05, 3.63) is 77.5 Å². The summed E-state index contributed by atoms with van der Waals surface area (Å²) in [6.07, 6.45) is 1.86. The predicted octanol–water partition coefficient (Wildman–Crippen LogP) is 4.79. The molecule has 4 rings (SSSR count). The van der Waals surface area contributed by atoms with E-state index in [9.17, 15) is 0 Å². The topological polar surface area (TPSA) is 3.88 Å². The van der Waals surface area contributed by atoms with Gasteiger partial charge in [0.25, 0.3) is 0 Å². The fourth-order valence-electron chi connectivity index (χ4n) is 3.88. The van der Waals surface area contributed by atoms with Crippen LogP contribution >= 0.6 is 0 Å². The highest BCUT2D eigenvalue weighted by atomic mass is 14.9. The van der Waals surface area contributed by atoms with Crippen molar-refractivity contribution in [3.63, 3.8) is 0 Å². The van der Waals surface area contributed by atoms with Gasteiger partial charge in [-0.05, 0) is 46.9 Å². The maximum Gasteiger partial charge on any atom is 0.212 e. The molecule has 0 fully saturated rings. The van der Waals surface area contributed by atoms with Crippen molar-refractivity contribution < 1.29 is 5.94 Å². The zero-order valence-corrected chi connectivity index (χ0v) is 14.1. The number of hydrogen-bond donors (Lipinski definition) is 0. The first kappa shape index (κ1) is 13.1. The average Bonchev–Trinajstić information content (AvgIpc) is 2.76. The summed E-state index contributed by atoms with van der Waals surface area (Å²) in [6, 6.07) is 17.9. The van der Waals surface area contributed by atoms with Gasteiger partial charge in [0.1, 0.15) is 7.05 Å². The Labute approximate surface area is 139 Å². The molecule has 1 heteroatoms. The fourth-order valence-corrected chi connectivity index (χ4v) is 3.88. The molecule has 114 valence electrons. The lowest BCUT2D eigenvalue weighted by Crippen LogP contribution is -2.30. The highest BCUT2D eigenvalue weighted by molar-refractivity contribution is 5.84. The zero-order valence-electron chi connectivity index (χ0n) is 15.1. The van der Waals surface area contributed by atoms with Gasteiger partial charge < -0.3 is 0 Å². The molecule has 0 bridgehead atoms. The van der Waals surface area contributed by atoms with E-state index in [2.05, 4.69) is 57.2 Å². The molecule has 1 heterocycles. The third-order valence-corrected chi connectivity index (χ3v) is 5.19. The number of hydrogen-bond acceptors (Lipinski definition) is 0. The molecule has 23 heavy (non-hydrogen) atoms. The molecule has 0 unspecified atom stereocenters. The zero-order chi connectivity index (χ0) is 17.1. The van der Waals surface area contributed by atoms with Crippen molar-refractivity contribution in [1.29, 1.82) is 0 Å². The second-order valence-corrected chi connectivity index (χ2v) is 7.01. The lowest BCUT2D eigenvalue weighted by atomic mass is 9.81. The maximum absolute atomic E-state index is 7.80. The van der Waals surface area contributed by atoms with E-state index in [4.69, 9.17) is 1.37 Å². The highest BCUT2D eigenvalue weighted by Crippen LogP contribution is 2.49. The first-order valence-electron chi connectivity index (χ1n) is 8.61. The molecule has 0 radical (unpaired) electrons. The average molecular weight is 301 g/mol. The van der Waals surface area contributed by atoms with E-state index in [1.165, 1.54) is 33.4 Å². The van der Waals surface area contributed by atoms with Gasteiger partial charge in [0.05, 0.1) is 1.37 Å². The van der Waals surface area contributed by atoms with Gasteiger partial charge >= 0.3 is 0 Å². The molecular weight excluding hydrogens is 278 g/mol. The molecule has 0 spiro atoms. The van der Waals surface area contributed by atoms with E-state index in [0.29, 0.717) is 6.04 Å². The van der Waals surface area contributed by atoms with E-state index < -0.39 is 0 Å². The Morgan fingerprint density at radius 2 is 1.70 bits per heavy atom. The summed E-state index contributed by atoms with van der Waals surface area (Å²) in [5, 5.41) is 0. The Balaban J connectivity index is 2.00. The molecule has 2 aromatic carbocycles. The number of fused-ring (bicyclic) bond motifs is 3. The SMILES string of the molecule is [2H]c1ccc(-c2cc3c(cc2C)C(C)(C)c2ccccc2-3)[n+](C)c1. The summed E-state index contributed by atoms with van der Waals surface area (Å²) in [4.78, 5) is 0. The first-order valence-corrected chi connectivity index (χ1v) is 8.11. The fraction of sp³-hybridized carbons (Fsp3) is 0.227. The highest BCUT2D eigenvalue weighted by Gasteiger charge is 2.36. The summed E-state index contributed by atoms with van der Waals surface area (Å²) in [5.41, 5.74) is 9.21. The van der Waals surface area contributed by atoms with Crippen molar-refractivity contribution >= 4 is 0 Å². The molecule has 0 N–H and O–H groups in total. The van der Waals surface area contributed by atoms with Crippen LogP contribution in [0.1, 0.15) is 31.9 Å². The van der Waals surface area contributed by atoms with Crippen molar-refractivity contribution in [2.45, 2.75) is 26.2 Å². The predicted molar refractivity (Wildman–Crippen MR) is 95.4 cm³/mol. The largest absolute Gasteiger partial charge is 0.212 e. The normalized spacial score (nSPS) is 15.0. The Hall–Kier alpha value is -2.41. The Morgan fingerprint density at radius 3 is 2.48 bits per heavy atom. The molecule has 3 aromatic rings. The van der Waals surface area contributed by atoms with Gasteiger partial charge in [-0.2, -0.15) is 0 Å². The van der Waals surface area contributed by atoms with Crippen LogP contribution in [0.3, 0.4) is 0 Å². The number of benzene rings is 2. The van der Waals surface area contributed by atoms with Crippen LogP contribution in [0.2, 0.25) is 0 Å². The standard InChI is InChI=1S/C22H22N/c1-15-13-20-18(14-17(15)21-11-7-8-12-23(21)4)16-9-5-6-10-19(16)22(20,2)3/h5-14H,1-4H3/q+1/i8D. The molecule has 1 aliphatic rings. The Kier molecular flexibility index (Phi) is 2.72. The van der Waals surface area contributed by atoms with Gasteiger partial charge in [0.2, 0.25) is 5.69 Å². The molecule has 0 amide bonds. The van der Waals surface area contributed by atoms with Crippen molar-refractivity contribution in [2.24, 2.45) is 7.05 Å². The van der Waals surface area contributed by atoms with E-state index in [-0.39, 0.29) is 5.41 Å². The van der Waals surface area contributed by atoms with E-state index in [0.717, 1.165) is 5.69 Å². The molecule has 0 saturated heterocycles. The van der Waals surface area contributed by atoms with Crippen molar-refractivity contribution in [2.75, 3.05) is 0 Å². The number of aromatic nitrogens is 1. The monoisotopic (exact) mass is 301 g/mol. The summed E-state index contributed by atoms with van der Waals surface area (Å²) < 4.78 is 9.84. The Bertz CT molecular complexity index is 970. The van der Waals surface area contributed by atoms with Crippen molar-refractivity contribution in [1.82, 2.24) is 0 Å². The lowest BCUT2D eigenvalue weighted by Gasteiger charge is -2.22. The minimum atomic E-state index is 0.0441. The minimum absolute atomic E-state index is 0.0441. The molecule has 0 aliphatic heterocycles. The van der Waals surface area contributed by atoms with Crippen LogP contribution in [0.5, 0.6) is 0 Å². The number of pyridine rings is 1. The summed E-state index contributed by atoms with van der Waals surface area (Å²) >= 11 is 0.